The van der Waals surface area contributed by atoms with Crippen molar-refractivity contribution in [1.82, 2.24) is 29.5 Å². The number of para-hydroxylation sites is 1. The number of benzene rings is 2. The largest absolute Gasteiger partial charge is 0.457 e. The number of nitrogen functional groups attached to an aromatic ring is 1. The molecule has 2 fully saturated rings. The van der Waals surface area contributed by atoms with Crippen molar-refractivity contribution in [3.8, 4) is 22.8 Å². The first-order valence-corrected chi connectivity index (χ1v) is 13.0. The zero-order valence-corrected chi connectivity index (χ0v) is 21.4. The number of amides is 1. The summed E-state index contributed by atoms with van der Waals surface area (Å²) in [6.07, 6.45) is 8.44. The van der Waals surface area contributed by atoms with Gasteiger partial charge in [0.1, 0.15) is 29.3 Å². The van der Waals surface area contributed by atoms with Crippen LogP contribution in [0.5, 0.6) is 11.5 Å². The highest BCUT2D eigenvalue weighted by molar-refractivity contribution is 5.98. The summed E-state index contributed by atoms with van der Waals surface area (Å²) >= 11 is 0. The van der Waals surface area contributed by atoms with E-state index in [0.717, 1.165) is 41.1 Å². The van der Waals surface area contributed by atoms with Crippen LogP contribution in [0, 0.1) is 0 Å². The maximum atomic E-state index is 12.8. The SMILES string of the molecule is CN(C/C=C/C(=O)N1CC[C@@H](n2nc(-c3ccc(Oc4ccccc4)cc3)c3c(N)ncnc32)C1)C1CC1. The van der Waals surface area contributed by atoms with Gasteiger partial charge in [0.15, 0.2) is 5.65 Å². The Morgan fingerprint density at radius 3 is 2.61 bits per heavy atom. The van der Waals surface area contributed by atoms with E-state index < -0.39 is 0 Å². The zero-order chi connectivity index (χ0) is 26.1. The molecule has 1 aliphatic heterocycles. The van der Waals surface area contributed by atoms with E-state index in [1.165, 1.54) is 19.2 Å². The fraction of sp³-hybridized carbons (Fsp3) is 0.310. The van der Waals surface area contributed by atoms with Gasteiger partial charge in [-0.15, -0.1) is 0 Å². The highest BCUT2D eigenvalue weighted by atomic mass is 16.5. The first-order chi connectivity index (χ1) is 18.6. The van der Waals surface area contributed by atoms with E-state index >= 15 is 0 Å². The zero-order valence-electron chi connectivity index (χ0n) is 21.4. The number of nitrogens with zero attached hydrogens (tertiary/aromatic N) is 6. The summed E-state index contributed by atoms with van der Waals surface area (Å²) in [4.78, 5) is 25.8. The molecule has 0 radical (unpaired) electrons. The normalized spacial score (nSPS) is 17.6. The first-order valence-electron chi connectivity index (χ1n) is 13.0. The molecular weight excluding hydrogens is 478 g/mol. The second-order valence-corrected chi connectivity index (χ2v) is 9.99. The summed E-state index contributed by atoms with van der Waals surface area (Å²) in [5.74, 6) is 1.93. The third kappa shape index (κ3) is 4.97. The number of carbonyl (C=O) groups is 1. The Balaban J connectivity index is 1.21. The molecule has 38 heavy (non-hydrogen) atoms. The van der Waals surface area contributed by atoms with Crippen LogP contribution in [0.4, 0.5) is 5.82 Å². The molecule has 194 valence electrons. The molecule has 1 aliphatic carbocycles. The van der Waals surface area contributed by atoms with E-state index in [-0.39, 0.29) is 11.9 Å². The van der Waals surface area contributed by atoms with Gasteiger partial charge in [-0.1, -0.05) is 24.3 Å². The molecule has 3 heterocycles. The van der Waals surface area contributed by atoms with Crippen molar-refractivity contribution in [2.45, 2.75) is 31.3 Å². The van der Waals surface area contributed by atoms with Crippen molar-refractivity contribution in [3.63, 3.8) is 0 Å². The second-order valence-electron chi connectivity index (χ2n) is 9.99. The Hall–Kier alpha value is -4.24. The monoisotopic (exact) mass is 509 g/mol. The molecule has 4 aromatic rings. The molecule has 1 saturated heterocycles. The van der Waals surface area contributed by atoms with Crippen molar-refractivity contribution in [2.24, 2.45) is 0 Å². The van der Waals surface area contributed by atoms with Crippen molar-refractivity contribution < 1.29 is 9.53 Å². The number of hydrogen-bond acceptors (Lipinski definition) is 7. The molecule has 1 amide bonds. The molecule has 6 rings (SSSR count). The van der Waals surface area contributed by atoms with E-state index in [1.54, 1.807) is 6.08 Å². The maximum absolute atomic E-state index is 12.8. The van der Waals surface area contributed by atoms with Gasteiger partial charge in [-0.25, -0.2) is 14.6 Å². The minimum atomic E-state index is 0.00715. The van der Waals surface area contributed by atoms with Crippen LogP contribution in [0.2, 0.25) is 0 Å². The minimum absolute atomic E-state index is 0.00715. The van der Waals surface area contributed by atoms with Gasteiger partial charge in [-0.05, 0) is 62.7 Å². The Morgan fingerprint density at radius 2 is 1.84 bits per heavy atom. The lowest BCUT2D eigenvalue weighted by Gasteiger charge is -2.16. The standard InChI is InChI=1S/C29H31N7O2/c1-34(21-11-12-21)16-5-8-25(37)35-17-15-22(18-35)36-29-26(28(30)31-19-32-29)27(33-36)20-9-13-24(14-10-20)38-23-6-3-2-4-7-23/h2-10,13-14,19,21-22H,11-12,15-18H2,1H3,(H2,30,31,32)/b8-5+/t22-/m1/s1. The van der Waals surface area contributed by atoms with Gasteiger partial charge in [0, 0.05) is 37.3 Å². The van der Waals surface area contributed by atoms with E-state index in [4.69, 9.17) is 15.6 Å². The van der Waals surface area contributed by atoms with Gasteiger partial charge < -0.3 is 15.4 Å². The highest BCUT2D eigenvalue weighted by Gasteiger charge is 2.30. The number of likely N-dealkylation sites (N-methyl/N-ethyl adjacent to an activating group) is 1. The fourth-order valence-electron chi connectivity index (χ4n) is 4.99. The first kappa shape index (κ1) is 24.1. The van der Waals surface area contributed by atoms with Crippen molar-refractivity contribution >= 4 is 22.8 Å². The van der Waals surface area contributed by atoms with Gasteiger partial charge in [-0.3, -0.25) is 9.69 Å². The van der Waals surface area contributed by atoms with Crippen LogP contribution in [0.1, 0.15) is 25.3 Å². The summed E-state index contributed by atoms with van der Waals surface area (Å²) in [6.45, 7) is 2.05. The summed E-state index contributed by atoms with van der Waals surface area (Å²) in [6, 6.07) is 18.1. The van der Waals surface area contributed by atoms with Crippen molar-refractivity contribution in [3.05, 3.63) is 73.1 Å². The predicted octanol–water partition coefficient (Wildman–Crippen LogP) is 4.29. The Bertz CT molecular complexity index is 1460. The Morgan fingerprint density at radius 1 is 1.08 bits per heavy atom. The van der Waals surface area contributed by atoms with E-state index in [0.29, 0.717) is 30.6 Å². The number of aromatic nitrogens is 4. The number of hydrogen-bond donors (Lipinski definition) is 1. The molecule has 1 saturated carbocycles. The van der Waals surface area contributed by atoms with Crippen molar-refractivity contribution in [2.75, 3.05) is 32.4 Å². The molecule has 0 spiro atoms. The second kappa shape index (κ2) is 10.3. The van der Waals surface area contributed by atoms with Crippen LogP contribution >= 0.6 is 0 Å². The lowest BCUT2D eigenvalue weighted by molar-refractivity contribution is -0.125. The molecule has 9 nitrogen and oxygen atoms in total. The molecule has 2 aromatic heterocycles. The summed E-state index contributed by atoms with van der Waals surface area (Å²) in [7, 11) is 2.11. The van der Waals surface area contributed by atoms with E-state index in [1.807, 2.05) is 70.3 Å². The van der Waals surface area contributed by atoms with Gasteiger partial charge in [0.2, 0.25) is 5.91 Å². The quantitative estimate of drug-likeness (QED) is 0.354. The summed E-state index contributed by atoms with van der Waals surface area (Å²) in [5, 5.41) is 5.67. The average Bonchev–Trinajstić information content (AvgIpc) is 3.54. The molecule has 2 aliphatic rings. The van der Waals surface area contributed by atoms with Crippen LogP contribution in [-0.4, -0.2) is 68.2 Å². The molecule has 2 aromatic carbocycles. The van der Waals surface area contributed by atoms with Crippen LogP contribution in [0.15, 0.2) is 73.1 Å². The lowest BCUT2D eigenvalue weighted by Crippen LogP contribution is -2.28. The number of anilines is 1. The third-order valence-corrected chi connectivity index (χ3v) is 7.27. The smallest absolute Gasteiger partial charge is 0.246 e. The lowest BCUT2D eigenvalue weighted by atomic mass is 10.1. The number of fused-ring (bicyclic) bond motifs is 1. The van der Waals surface area contributed by atoms with Crippen molar-refractivity contribution in [1.29, 1.82) is 0 Å². The fourth-order valence-corrected chi connectivity index (χ4v) is 4.99. The van der Waals surface area contributed by atoms with Gasteiger partial charge >= 0.3 is 0 Å². The van der Waals surface area contributed by atoms with Crippen LogP contribution in [0.25, 0.3) is 22.3 Å². The predicted molar refractivity (Wildman–Crippen MR) is 147 cm³/mol. The molecule has 2 N–H and O–H groups in total. The Labute approximate surface area is 221 Å². The summed E-state index contributed by atoms with van der Waals surface area (Å²) < 4.78 is 7.85. The maximum Gasteiger partial charge on any atom is 0.246 e. The van der Waals surface area contributed by atoms with E-state index in [2.05, 4.69) is 21.9 Å². The number of nitrogens with two attached hydrogens (primary N) is 1. The van der Waals surface area contributed by atoms with Crippen LogP contribution < -0.4 is 10.5 Å². The van der Waals surface area contributed by atoms with E-state index in [9.17, 15) is 4.79 Å². The Kier molecular flexibility index (Phi) is 6.51. The number of rotatable bonds is 8. The molecule has 1 atom stereocenters. The average molecular weight is 510 g/mol. The van der Waals surface area contributed by atoms with Crippen LogP contribution in [0.3, 0.4) is 0 Å². The van der Waals surface area contributed by atoms with Gasteiger partial charge in [-0.2, -0.15) is 5.10 Å². The molecular formula is C29H31N7O2. The molecule has 9 heteroatoms. The molecule has 0 unspecified atom stereocenters. The topological polar surface area (TPSA) is 102 Å². The van der Waals surface area contributed by atoms with Crippen LogP contribution in [-0.2, 0) is 4.79 Å². The van der Waals surface area contributed by atoms with Gasteiger partial charge in [0.25, 0.3) is 0 Å². The number of ether oxygens (including phenoxy) is 1. The third-order valence-electron chi connectivity index (χ3n) is 7.27. The molecule has 0 bridgehead atoms. The highest BCUT2D eigenvalue weighted by Crippen LogP contribution is 2.35. The summed E-state index contributed by atoms with van der Waals surface area (Å²) in [5.41, 5.74) is 8.60. The number of likely N-dealkylation sites (tertiary alicyclic amines) is 1. The minimum Gasteiger partial charge on any atom is -0.457 e. The number of carbonyl (C=O) groups excluding carboxylic acids is 1. The van der Waals surface area contributed by atoms with Gasteiger partial charge in [0.05, 0.1) is 11.4 Å².